The zero-order valence-electron chi connectivity index (χ0n) is 8.55. The number of H-pyrrole nitrogens is 1. The summed E-state index contributed by atoms with van der Waals surface area (Å²) in [5.74, 6) is 0. The Morgan fingerprint density at radius 2 is 2.15 bits per heavy atom. The fraction of sp³-hybridized carbons (Fsp3) is 0.545. The summed E-state index contributed by atoms with van der Waals surface area (Å²) in [5.41, 5.74) is 1.23. The fourth-order valence-corrected chi connectivity index (χ4v) is 1.63. The average Bonchev–Trinajstić information content (AvgIpc) is 2.04. The summed E-state index contributed by atoms with van der Waals surface area (Å²) in [4.78, 5) is 13.7. The molecule has 1 heterocycles. The molecule has 0 aliphatic carbocycles. The summed E-state index contributed by atoms with van der Waals surface area (Å²) in [7, 11) is 0. The van der Waals surface area contributed by atoms with Crippen LogP contribution in [0, 0.1) is 0 Å². The van der Waals surface area contributed by atoms with Gasteiger partial charge in [0.2, 0.25) is 5.56 Å². The summed E-state index contributed by atoms with van der Waals surface area (Å²) in [6.07, 6.45) is 3.96. The standard InChI is InChI=1S/C11H17NO/c1-4-6-11(2,3)9-5-7-12-10(13)8-9/h5,7-8H,4,6H2,1-3H3,(H,12,13). The molecule has 0 atom stereocenters. The second-order valence-corrected chi connectivity index (χ2v) is 4.08. The molecule has 0 saturated carbocycles. The van der Waals surface area contributed by atoms with Crippen LogP contribution in [0.15, 0.2) is 23.1 Å². The first-order chi connectivity index (χ1) is 6.06. The van der Waals surface area contributed by atoms with Crippen molar-refractivity contribution < 1.29 is 0 Å². The molecule has 0 saturated heterocycles. The molecule has 0 amide bonds. The highest BCUT2D eigenvalue weighted by Crippen LogP contribution is 2.26. The zero-order chi connectivity index (χ0) is 9.90. The Hall–Kier alpha value is -1.05. The van der Waals surface area contributed by atoms with Crippen molar-refractivity contribution in [3.8, 4) is 0 Å². The number of rotatable bonds is 3. The molecule has 2 heteroatoms. The molecule has 0 aromatic carbocycles. The first-order valence-electron chi connectivity index (χ1n) is 4.75. The molecule has 0 aliphatic rings. The number of aromatic amines is 1. The quantitative estimate of drug-likeness (QED) is 0.759. The van der Waals surface area contributed by atoms with Crippen LogP contribution in [0.2, 0.25) is 0 Å². The summed E-state index contributed by atoms with van der Waals surface area (Å²) in [5, 5.41) is 0. The van der Waals surface area contributed by atoms with E-state index in [1.807, 2.05) is 6.07 Å². The normalized spacial score (nSPS) is 11.6. The van der Waals surface area contributed by atoms with Crippen molar-refractivity contribution in [1.82, 2.24) is 4.98 Å². The van der Waals surface area contributed by atoms with Gasteiger partial charge in [0.1, 0.15) is 0 Å². The molecule has 0 unspecified atom stereocenters. The van der Waals surface area contributed by atoms with Gasteiger partial charge in [-0.1, -0.05) is 27.2 Å². The molecular weight excluding hydrogens is 162 g/mol. The van der Waals surface area contributed by atoms with Crippen LogP contribution in [-0.4, -0.2) is 4.98 Å². The maximum Gasteiger partial charge on any atom is 0.248 e. The largest absolute Gasteiger partial charge is 0.329 e. The van der Waals surface area contributed by atoms with Gasteiger partial charge in [-0.15, -0.1) is 0 Å². The van der Waals surface area contributed by atoms with Gasteiger partial charge in [-0.05, 0) is 23.5 Å². The second-order valence-electron chi connectivity index (χ2n) is 4.08. The molecule has 1 aromatic rings. The van der Waals surface area contributed by atoms with Gasteiger partial charge in [-0.25, -0.2) is 0 Å². The van der Waals surface area contributed by atoms with Crippen molar-refractivity contribution in [2.45, 2.75) is 39.0 Å². The third-order valence-electron chi connectivity index (χ3n) is 2.43. The lowest BCUT2D eigenvalue weighted by Crippen LogP contribution is -2.19. The monoisotopic (exact) mass is 179 g/mol. The van der Waals surface area contributed by atoms with Gasteiger partial charge >= 0.3 is 0 Å². The van der Waals surface area contributed by atoms with E-state index >= 15 is 0 Å². The van der Waals surface area contributed by atoms with E-state index in [1.54, 1.807) is 12.3 Å². The maximum absolute atomic E-state index is 11.1. The van der Waals surface area contributed by atoms with Crippen LogP contribution in [0.4, 0.5) is 0 Å². The summed E-state index contributed by atoms with van der Waals surface area (Å²) >= 11 is 0. The van der Waals surface area contributed by atoms with Gasteiger partial charge in [0, 0.05) is 12.3 Å². The molecule has 1 aromatic heterocycles. The lowest BCUT2D eigenvalue weighted by molar-refractivity contribution is 0.472. The van der Waals surface area contributed by atoms with Crippen LogP contribution in [0.5, 0.6) is 0 Å². The highest BCUT2D eigenvalue weighted by atomic mass is 16.1. The van der Waals surface area contributed by atoms with Crippen LogP contribution >= 0.6 is 0 Å². The van der Waals surface area contributed by atoms with Crippen molar-refractivity contribution in [1.29, 1.82) is 0 Å². The van der Waals surface area contributed by atoms with Crippen LogP contribution in [0.25, 0.3) is 0 Å². The Morgan fingerprint density at radius 3 is 2.69 bits per heavy atom. The van der Waals surface area contributed by atoms with E-state index in [9.17, 15) is 4.79 Å². The number of nitrogens with one attached hydrogen (secondary N) is 1. The number of hydrogen-bond acceptors (Lipinski definition) is 1. The molecule has 0 spiro atoms. The third-order valence-corrected chi connectivity index (χ3v) is 2.43. The minimum atomic E-state index is -0.0123. The van der Waals surface area contributed by atoms with Crippen LogP contribution in [0.1, 0.15) is 39.2 Å². The Labute approximate surface area is 79.0 Å². The predicted octanol–water partition coefficient (Wildman–Crippen LogP) is 2.45. The van der Waals surface area contributed by atoms with E-state index in [4.69, 9.17) is 0 Å². The highest BCUT2D eigenvalue weighted by Gasteiger charge is 2.19. The van der Waals surface area contributed by atoms with Crippen molar-refractivity contribution in [2.24, 2.45) is 0 Å². The Morgan fingerprint density at radius 1 is 1.46 bits per heavy atom. The van der Waals surface area contributed by atoms with Gasteiger partial charge in [0.05, 0.1) is 0 Å². The van der Waals surface area contributed by atoms with Gasteiger partial charge in [-0.3, -0.25) is 4.79 Å². The van der Waals surface area contributed by atoms with Crippen molar-refractivity contribution >= 4 is 0 Å². The summed E-state index contributed by atoms with van der Waals surface area (Å²) in [6, 6.07) is 3.67. The Balaban J connectivity index is 2.99. The number of pyridine rings is 1. The van der Waals surface area contributed by atoms with Crippen LogP contribution < -0.4 is 5.56 Å². The molecule has 0 aliphatic heterocycles. The third kappa shape index (κ3) is 2.44. The lowest BCUT2D eigenvalue weighted by Gasteiger charge is -2.23. The smallest absolute Gasteiger partial charge is 0.248 e. The van der Waals surface area contributed by atoms with Crippen LogP contribution in [-0.2, 0) is 5.41 Å². The molecule has 13 heavy (non-hydrogen) atoms. The predicted molar refractivity (Wildman–Crippen MR) is 55.0 cm³/mol. The number of hydrogen-bond donors (Lipinski definition) is 1. The molecule has 0 fully saturated rings. The van der Waals surface area contributed by atoms with E-state index in [-0.39, 0.29) is 11.0 Å². The van der Waals surface area contributed by atoms with Gasteiger partial charge in [0.25, 0.3) is 0 Å². The first kappa shape index (κ1) is 10.0. The fourth-order valence-electron chi connectivity index (χ4n) is 1.63. The van der Waals surface area contributed by atoms with E-state index in [1.165, 1.54) is 0 Å². The lowest BCUT2D eigenvalue weighted by atomic mass is 9.81. The van der Waals surface area contributed by atoms with Gasteiger partial charge < -0.3 is 4.98 Å². The minimum absolute atomic E-state index is 0.0123. The zero-order valence-corrected chi connectivity index (χ0v) is 8.55. The topological polar surface area (TPSA) is 32.9 Å². The summed E-state index contributed by atoms with van der Waals surface area (Å²) < 4.78 is 0. The minimum Gasteiger partial charge on any atom is -0.329 e. The second kappa shape index (κ2) is 3.77. The van der Waals surface area contributed by atoms with E-state index in [2.05, 4.69) is 25.8 Å². The first-order valence-corrected chi connectivity index (χ1v) is 4.75. The van der Waals surface area contributed by atoms with E-state index < -0.39 is 0 Å². The number of aromatic nitrogens is 1. The van der Waals surface area contributed by atoms with Crippen LogP contribution in [0.3, 0.4) is 0 Å². The molecule has 0 bridgehead atoms. The van der Waals surface area contributed by atoms with E-state index in [0.717, 1.165) is 18.4 Å². The average molecular weight is 179 g/mol. The molecular formula is C11H17NO. The summed E-state index contributed by atoms with van der Waals surface area (Å²) in [6.45, 7) is 6.51. The Kier molecular flexibility index (Phi) is 2.91. The molecule has 0 radical (unpaired) electrons. The molecule has 72 valence electrons. The molecule has 1 rings (SSSR count). The Bertz CT molecular complexity index is 325. The molecule has 2 nitrogen and oxygen atoms in total. The van der Waals surface area contributed by atoms with Crippen molar-refractivity contribution in [2.75, 3.05) is 0 Å². The van der Waals surface area contributed by atoms with Gasteiger partial charge in [0.15, 0.2) is 0 Å². The van der Waals surface area contributed by atoms with E-state index in [0.29, 0.717) is 0 Å². The van der Waals surface area contributed by atoms with Crippen molar-refractivity contribution in [3.05, 3.63) is 34.2 Å². The molecule has 1 N–H and O–H groups in total. The van der Waals surface area contributed by atoms with Crippen molar-refractivity contribution in [3.63, 3.8) is 0 Å². The van der Waals surface area contributed by atoms with Gasteiger partial charge in [-0.2, -0.15) is 0 Å². The maximum atomic E-state index is 11.1. The highest BCUT2D eigenvalue weighted by molar-refractivity contribution is 5.20. The SMILES string of the molecule is CCCC(C)(C)c1cc[nH]c(=O)c1.